The fourth-order valence-electron chi connectivity index (χ4n) is 2.47. The summed E-state index contributed by atoms with van der Waals surface area (Å²) < 4.78 is 94.6. The maximum atomic E-state index is 14.6. The molecule has 0 bridgehead atoms. The summed E-state index contributed by atoms with van der Waals surface area (Å²) in [4.78, 5) is 26.1. The van der Waals surface area contributed by atoms with Crippen molar-refractivity contribution >= 4 is 23.5 Å². The lowest BCUT2D eigenvalue weighted by Gasteiger charge is -2.17. The molecule has 0 radical (unpaired) electrons. The molecule has 180 valence electrons. The second-order valence-corrected chi connectivity index (χ2v) is 6.74. The first-order valence-electron chi connectivity index (χ1n) is 8.79. The first kappa shape index (κ1) is 26.0. The van der Waals surface area contributed by atoms with Crippen LogP contribution in [0.5, 0.6) is 5.75 Å². The fourth-order valence-corrected chi connectivity index (χ4v) is 2.73. The van der Waals surface area contributed by atoms with E-state index < -0.39 is 48.8 Å². The predicted molar refractivity (Wildman–Crippen MR) is 100 cm³/mol. The molecule has 15 heteroatoms. The van der Waals surface area contributed by atoms with Crippen LogP contribution in [-0.4, -0.2) is 36.1 Å². The van der Waals surface area contributed by atoms with Gasteiger partial charge in [0, 0.05) is 17.3 Å². The van der Waals surface area contributed by atoms with Gasteiger partial charge in [-0.2, -0.15) is 13.2 Å². The van der Waals surface area contributed by atoms with E-state index in [1.165, 1.54) is 12.3 Å². The highest BCUT2D eigenvalue weighted by Gasteiger charge is 2.39. The molecule has 7 nitrogen and oxygen atoms in total. The van der Waals surface area contributed by atoms with Gasteiger partial charge in [0.05, 0.1) is 16.8 Å². The molecular formula is C18H14ClF7N4O3. The zero-order valence-electron chi connectivity index (χ0n) is 16.4. The van der Waals surface area contributed by atoms with Gasteiger partial charge in [0.25, 0.3) is 6.43 Å². The monoisotopic (exact) mass is 502 g/mol. The van der Waals surface area contributed by atoms with Crippen LogP contribution in [0, 0.1) is 11.6 Å². The average molecular weight is 503 g/mol. The number of carbonyl (C=O) groups excluding carboxylic acids is 2. The average Bonchev–Trinajstić information content (AvgIpc) is 2.69. The Morgan fingerprint density at radius 2 is 1.82 bits per heavy atom. The fraction of sp³-hybridized carbons (Fsp3) is 0.278. The van der Waals surface area contributed by atoms with Gasteiger partial charge in [-0.15, -0.1) is 0 Å². The van der Waals surface area contributed by atoms with Crippen molar-refractivity contribution in [3.8, 4) is 16.9 Å². The van der Waals surface area contributed by atoms with Crippen molar-refractivity contribution < 1.29 is 45.1 Å². The van der Waals surface area contributed by atoms with Crippen LogP contribution in [0.3, 0.4) is 0 Å². The van der Waals surface area contributed by atoms with E-state index in [0.29, 0.717) is 0 Å². The summed E-state index contributed by atoms with van der Waals surface area (Å²) in [5.41, 5.74) is 1.88. The number of hydrazine groups is 1. The topological polar surface area (TPSA) is 92.4 Å². The van der Waals surface area contributed by atoms with Gasteiger partial charge >= 0.3 is 18.1 Å². The van der Waals surface area contributed by atoms with E-state index in [2.05, 4.69) is 4.98 Å². The molecule has 0 aliphatic carbocycles. The van der Waals surface area contributed by atoms with Gasteiger partial charge in [-0.3, -0.25) is 15.2 Å². The number of hydrogen-bond donors (Lipinski definition) is 3. The molecule has 1 atom stereocenters. The normalized spacial score (nSPS) is 12.3. The highest BCUT2D eigenvalue weighted by Crippen LogP contribution is 2.38. The van der Waals surface area contributed by atoms with Crippen LogP contribution < -0.4 is 20.9 Å². The van der Waals surface area contributed by atoms with E-state index in [0.717, 1.165) is 29.8 Å². The highest BCUT2D eigenvalue weighted by atomic mass is 35.5. The van der Waals surface area contributed by atoms with Gasteiger partial charge in [-0.05, 0) is 25.1 Å². The molecule has 2 rings (SSSR count). The van der Waals surface area contributed by atoms with Crippen LogP contribution in [0.2, 0.25) is 5.02 Å². The van der Waals surface area contributed by atoms with Crippen LogP contribution in [0.15, 0.2) is 24.4 Å². The molecule has 0 aliphatic heterocycles. The molecule has 0 saturated carbocycles. The van der Waals surface area contributed by atoms with E-state index in [9.17, 15) is 40.3 Å². The third-order valence-corrected chi connectivity index (χ3v) is 4.13. The number of ether oxygens (including phenoxy) is 1. The highest BCUT2D eigenvalue weighted by molar-refractivity contribution is 6.32. The SMILES string of the molecule is CC(NC(=O)NNC(=O)C(F)(F)F)c1ncc(-c2cc(F)cc(Cl)c2OCC(F)F)cc1F. The molecule has 2 aromatic rings. The zero-order valence-corrected chi connectivity index (χ0v) is 17.1. The minimum absolute atomic E-state index is 0.101. The van der Waals surface area contributed by atoms with Crippen molar-refractivity contribution in [2.24, 2.45) is 0 Å². The lowest BCUT2D eigenvalue weighted by atomic mass is 10.0. The molecule has 3 N–H and O–H groups in total. The molecule has 33 heavy (non-hydrogen) atoms. The maximum absolute atomic E-state index is 14.6. The van der Waals surface area contributed by atoms with Crippen molar-refractivity contribution in [3.63, 3.8) is 0 Å². The number of nitrogens with one attached hydrogen (secondary N) is 3. The Morgan fingerprint density at radius 3 is 2.39 bits per heavy atom. The largest absolute Gasteiger partial charge is 0.485 e. The zero-order chi connectivity index (χ0) is 24.9. The molecule has 0 fully saturated rings. The van der Waals surface area contributed by atoms with E-state index in [-0.39, 0.29) is 27.6 Å². The summed E-state index contributed by atoms with van der Waals surface area (Å²) >= 11 is 5.85. The number of hydrogen-bond acceptors (Lipinski definition) is 4. The molecule has 1 aromatic heterocycles. The second kappa shape index (κ2) is 10.6. The maximum Gasteiger partial charge on any atom is 0.472 e. The van der Waals surface area contributed by atoms with Crippen molar-refractivity contribution in [1.29, 1.82) is 0 Å². The number of aromatic nitrogens is 1. The van der Waals surface area contributed by atoms with Gasteiger partial charge < -0.3 is 10.1 Å². The molecule has 0 aliphatic rings. The molecular weight excluding hydrogens is 489 g/mol. The number of urea groups is 1. The van der Waals surface area contributed by atoms with Crippen molar-refractivity contribution in [2.75, 3.05) is 6.61 Å². The van der Waals surface area contributed by atoms with E-state index in [1.807, 2.05) is 5.32 Å². The Bertz CT molecular complexity index is 1040. The van der Waals surface area contributed by atoms with Crippen molar-refractivity contribution in [1.82, 2.24) is 21.2 Å². The Labute approximate surface area is 186 Å². The summed E-state index contributed by atoms with van der Waals surface area (Å²) in [6, 6.07) is 0.00919. The van der Waals surface area contributed by atoms with Gasteiger partial charge in [-0.25, -0.2) is 27.8 Å². The third-order valence-electron chi connectivity index (χ3n) is 3.85. The summed E-state index contributed by atoms with van der Waals surface area (Å²) in [7, 11) is 0. The summed E-state index contributed by atoms with van der Waals surface area (Å²) in [6.45, 7) is 0.166. The van der Waals surface area contributed by atoms with E-state index >= 15 is 0 Å². The smallest absolute Gasteiger partial charge is 0.472 e. The number of halogens is 8. The van der Waals surface area contributed by atoms with Crippen molar-refractivity contribution in [2.45, 2.75) is 25.6 Å². The number of alkyl halides is 5. The molecule has 1 unspecified atom stereocenters. The van der Waals surface area contributed by atoms with Gasteiger partial charge in [0.1, 0.15) is 24.0 Å². The number of benzene rings is 1. The summed E-state index contributed by atoms with van der Waals surface area (Å²) in [5, 5.41) is 1.70. The van der Waals surface area contributed by atoms with Gasteiger partial charge in [0.15, 0.2) is 0 Å². The Kier molecular flexibility index (Phi) is 8.30. The van der Waals surface area contributed by atoms with Crippen LogP contribution in [0.4, 0.5) is 35.5 Å². The van der Waals surface area contributed by atoms with Crippen LogP contribution in [-0.2, 0) is 4.79 Å². The molecule has 0 spiro atoms. The standard InChI is InChI=1S/C18H14ClF7N4O3/c1-7(28-17(32)30-29-16(31)18(24,25)26)14-12(21)2-8(5-27-14)10-3-9(20)4-11(19)15(10)33-6-13(22)23/h2-5,7,13H,6H2,1H3,(H,29,31)(H2,28,30,32). The van der Waals surface area contributed by atoms with Crippen LogP contribution in [0.1, 0.15) is 18.7 Å². The predicted octanol–water partition coefficient (Wildman–Crippen LogP) is 4.28. The second-order valence-electron chi connectivity index (χ2n) is 6.33. The minimum atomic E-state index is -5.24. The Balaban J connectivity index is 2.20. The molecule has 1 heterocycles. The lowest BCUT2D eigenvalue weighted by molar-refractivity contribution is -0.174. The van der Waals surface area contributed by atoms with Crippen LogP contribution in [0.25, 0.3) is 11.1 Å². The molecule has 0 saturated heterocycles. The first-order valence-corrected chi connectivity index (χ1v) is 9.16. The number of nitrogens with zero attached hydrogens (tertiary/aromatic N) is 1. The summed E-state index contributed by atoms with van der Waals surface area (Å²) in [6.07, 6.45) is -7.09. The Morgan fingerprint density at radius 1 is 1.15 bits per heavy atom. The Hall–Kier alpha value is -3.29. The quantitative estimate of drug-likeness (QED) is 0.406. The number of carbonyl (C=O) groups is 2. The van der Waals surface area contributed by atoms with E-state index in [1.54, 1.807) is 0 Å². The van der Waals surface area contributed by atoms with Gasteiger partial charge in [0.2, 0.25) is 0 Å². The van der Waals surface area contributed by atoms with Crippen LogP contribution >= 0.6 is 11.6 Å². The van der Waals surface area contributed by atoms with Crippen molar-refractivity contribution in [3.05, 3.63) is 46.7 Å². The molecule has 1 aromatic carbocycles. The minimum Gasteiger partial charge on any atom is -0.485 e. The third kappa shape index (κ3) is 7.10. The lowest BCUT2D eigenvalue weighted by Crippen LogP contribution is -2.51. The summed E-state index contributed by atoms with van der Waals surface area (Å²) in [5.74, 6) is -4.67. The van der Waals surface area contributed by atoms with Gasteiger partial charge in [-0.1, -0.05) is 11.6 Å². The first-order chi connectivity index (χ1) is 15.3. The van der Waals surface area contributed by atoms with E-state index in [4.69, 9.17) is 16.3 Å². The molecule has 3 amide bonds. The number of rotatable bonds is 6. The number of amides is 3. The number of pyridine rings is 1.